The van der Waals surface area contributed by atoms with Crippen molar-refractivity contribution in [1.82, 2.24) is 25.1 Å². The van der Waals surface area contributed by atoms with E-state index in [1.54, 1.807) is 10.8 Å². The zero-order valence-corrected chi connectivity index (χ0v) is 17.4. The van der Waals surface area contributed by atoms with Crippen molar-refractivity contribution in [1.29, 1.82) is 0 Å². The number of anilines is 1. The fraction of sp³-hybridized carbons (Fsp3) is 0.304. The number of hydrogen-bond acceptors (Lipinski definition) is 6. The van der Waals surface area contributed by atoms with Crippen molar-refractivity contribution in [3.05, 3.63) is 66.1 Å². The molecule has 1 fully saturated rings. The second-order valence-corrected chi connectivity index (χ2v) is 7.91. The number of fused-ring (bicyclic) bond motifs is 1. The van der Waals surface area contributed by atoms with Crippen molar-refractivity contribution in [2.24, 2.45) is 5.92 Å². The van der Waals surface area contributed by atoms with Crippen LogP contribution in [0.1, 0.15) is 24.2 Å². The maximum atomic E-state index is 12.5. The predicted octanol–water partition coefficient (Wildman–Crippen LogP) is 3.23. The highest BCUT2D eigenvalue weighted by atomic mass is 16.3. The summed E-state index contributed by atoms with van der Waals surface area (Å²) < 4.78 is 7.08. The second kappa shape index (κ2) is 8.22. The normalized spacial score (nSPS) is 14.8. The third-order valence-electron chi connectivity index (χ3n) is 5.73. The van der Waals surface area contributed by atoms with E-state index in [1.165, 1.54) is 0 Å². The van der Waals surface area contributed by atoms with Gasteiger partial charge in [-0.2, -0.15) is 4.52 Å². The van der Waals surface area contributed by atoms with Crippen molar-refractivity contribution < 1.29 is 9.21 Å². The number of nitrogens with one attached hydrogen (secondary N) is 1. The summed E-state index contributed by atoms with van der Waals surface area (Å²) in [6.45, 7) is 4.04. The van der Waals surface area contributed by atoms with Crippen LogP contribution in [-0.2, 0) is 11.3 Å². The molecule has 158 valence electrons. The first-order valence-corrected chi connectivity index (χ1v) is 10.5. The van der Waals surface area contributed by atoms with Crippen molar-refractivity contribution in [2.45, 2.75) is 26.3 Å². The van der Waals surface area contributed by atoms with Gasteiger partial charge in [0, 0.05) is 24.6 Å². The lowest BCUT2D eigenvalue weighted by Gasteiger charge is -2.32. The molecule has 0 atom stereocenters. The first-order chi connectivity index (χ1) is 15.2. The molecule has 0 spiro atoms. The van der Waals surface area contributed by atoms with Crippen molar-refractivity contribution >= 4 is 17.4 Å². The van der Waals surface area contributed by atoms with Crippen LogP contribution in [0.2, 0.25) is 0 Å². The minimum atomic E-state index is 0.00714. The number of aryl methyl sites for hydroxylation is 1. The van der Waals surface area contributed by atoms with Crippen LogP contribution in [-0.4, -0.2) is 38.8 Å². The molecule has 1 saturated heterocycles. The molecule has 0 unspecified atom stereocenters. The minimum Gasteiger partial charge on any atom is -0.467 e. The number of nitrogens with zero attached hydrogens (tertiary/aromatic N) is 5. The number of carbonyl (C=O) groups excluding carboxylic acids is 1. The van der Waals surface area contributed by atoms with E-state index in [4.69, 9.17) is 9.52 Å². The van der Waals surface area contributed by atoms with Crippen LogP contribution in [0.15, 0.2) is 59.2 Å². The summed E-state index contributed by atoms with van der Waals surface area (Å²) in [7, 11) is 0. The molecule has 5 rings (SSSR count). The van der Waals surface area contributed by atoms with Crippen LogP contribution in [0.3, 0.4) is 0 Å². The summed E-state index contributed by atoms with van der Waals surface area (Å²) in [6.07, 6.45) is 3.19. The van der Waals surface area contributed by atoms with Crippen molar-refractivity contribution in [3.8, 4) is 11.4 Å². The van der Waals surface area contributed by atoms with Gasteiger partial charge in [0.1, 0.15) is 11.6 Å². The quantitative estimate of drug-likeness (QED) is 0.537. The van der Waals surface area contributed by atoms with E-state index in [-0.39, 0.29) is 11.8 Å². The Balaban J connectivity index is 1.27. The third-order valence-corrected chi connectivity index (χ3v) is 5.73. The monoisotopic (exact) mass is 416 g/mol. The highest BCUT2D eigenvalue weighted by molar-refractivity contribution is 5.78. The molecule has 8 heteroatoms. The number of aromatic nitrogens is 4. The molecule has 31 heavy (non-hydrogen) atoms. The fourth-order valence-electron chi connectivity index (χ4n) is 4.01. The van der Waals surface area contributed by atoms with E-state index in [0.717, 1.165) is 54.5 Å². The lowest BCUT2D eigenvalue weighted by molar-refractivity contribution is -0.125. The summed E-state index contributed by atoms with van der Waals surface area (Å²) in [5.41, 5.74) is 2.87. The Hall–Kier alpha value is -3.68. The molecule has 1 aromatic carbocycles. The molecule has 1 amide bonds. The van der Waals surface area contributed by atoms with Gasteiger partial charge in [-0.25, -0.2) is 0 Å². The van der Waals surface area contributed by atoms with Gasteiger partial charge in [-0.1, -0.05) is 23.8 Å². The number of rotatable bonds is 5. The van der Waals surface area contributed by atoms with Gasteiger partial charge in [0.25, 0.3) is 0 Å². The Morgan fingerprint density at radius 3 is 2.77 bits per heavy atom. The van der Waals surface area contributed by atoms with Crippen LogP contribution in [0.4, 0.5) is 5.82 Å². The van der Waals surface area contributed by atoms with Crippen LogP contribution >= 0.6 is 0 Å². The molecule has 0 bridgehead atoms. The topological polar surface area (TPSA) is 88.6 Å². The van der Waals surface area contributed by atoms with Crippen molar-refractivity contribution in [2.75, 3.05) is 18.0 Å². The average Bonchev–Trinajstić information content (AvgIpc) is 3.47. The van der Waals surface area contributed by atoms with Crippen LogP contribution in [0, 0.1) is 12.8 Å². The number of carbonyl (C=O) groups is 1. The third kappa shape index (κ3) is 4.01. The molecule has 4 heterocycles. The minimum absolute atomic E-state index is 0.00714. The Labute approximate surface area is 179 Å². The second-order valence-electron chi connectivity index (χ2n) is 7.91. The summed E-state index contributed by atoms with van der Waals surface area (Å²) >= 11 is 0. The first-order valence-electron chi connectivity index (χ1n) is 10.5. The van der Waals surface area contributed by atoms with E-state index < -0.39 is 0 Å². The van der Waals surface area contributed by atoms with Gasteiger partial charge in [-0.3, -0.25) is 4.79 Å². The largest absolute Gasteiger partial charge is 0.467 e. The summed E-state index contributed by atoms with van der Waals surface area (Å²) in [6, 6.07) is 15.8. The van der Waals surface area contributed by atoms with Gasteiger partial charge in [-0.15, -0.1) is 15.3 Å². The highest BCUT2D eigenvalue weighted by Gasteiger charge is 2.26. The maximum Gasteiger partial charge on any atom is 0.223 e. The summed E-state index contributed by atoms with van der Waals surface area (Å²) in [5.74, 6) is 2.46. The van der Waals surface area contributed by atoms with E-state index >= 15 is 0 Å². The van der Waals surface area contributed by atoms with E-state index in [1.807, 2.05) is 36.4 Å². The zero-order chi connectivity index (χ0) is 21.2. The smallest absolute Gasteiger partial charge is 0.223 e. The first kappa shape index (κ1) is 19.3. The van der Waals surface area contributed by atoms with Gasteiger partial charge in [0.05, 0.1) is 12.8 Å². The highest BCUT2D eigenvalue weighted by Crippen LogP contribution is 2.24. The number of hydrogen-bond donors (Lipinski definition) is 1. The molecular weight excluding hydrogens is 392 g/mol. The van der Waals surface area contributed by atoms with Gasteiger partial charge in [0.15, 0.2) is 11.5 Å². The van der Waals surface area contributed by atoms with Gasteiger partial charge < -0.3 is 14.6 Å². The predicted molar refractivity (Wildman–Crippen MR) is 116 cm³/mol. The van der Waals surface area contributed by atoms with Crippen LogP contribution in [0.5, 0.6) is 0 Å². The Morgan fingerprint density at radius 2 is 2.00 bits per heavy atom. The molecule has 0 saturated carbocycles. The molecule has 8 nitrogen and oxygen atoms in total. The van der Waals surface area contributed by atoms with Gasteiger partial charge in [-0.05, 0) is 50.1 Å². The Morgan fingerprint density at radius 1 is 1.13 bits per heavy atom. The van der Waals surface area contributed by atoms with Crippen LogP contribution < -0.4 is 10.2 Å². The molecule has 0 radical (unpaired) electrons. The molecule has 3 aromatic heterocycles. The maximum absolute atomic E-state index is 12.5. The number of amides is 1. The average molecular weight is 416 g/mol. The lowest BCUT2D eigenvalue weighted by Crippen LogP contribution is -2.40. The molecule has 1 aliphatic rings. The Kier molecular flexibility index (Phi) is 5.11. The van der Waals surface area contributed by atoms with Crippen molar-refractivity contribution in [3.63, 3.8) is 0 Å². The molecule has 0 aliphatic carbocycles. The number of furan rings is 1. The lowest BCUT2D eigenvalue weighted by atomic mass is 9.96. The molecule has 1 aliphatic heterocycles. The van der Waals surface area contributed by atoms with Gasteiger partial charge >= 0.3 is 0 Å². The zero-order valence-electron chi connectivity index (χ0n) is 17.4. The summed E-state index contributed by atoms with van der Waals surface area (Å²) in [5, 5.41) is 16.4. The Bertz CT molecular complexity index is 1190. The molecule has 4 aromatic rings. The fourth-order valence-corrected chi connectivity index (χ4v) is 4.01. The van der Waals surface area contributed by atoms with Crippen LogP contribution in [0.25, 0.3) is 17.0 Å². The van der Waals surface area contributed by atoms with Gasteiger partial charge in [0.2, 0.25) is 5.91 Å². The van der Waals surface area contributed by atoms with E-state index in [9.17, 15) is 4.79 Å². The standard InChI is InChI=1S/C23H24N6O2/c1-16-4-2-5-18(14-16)22-26-25-20-7-8-21(27-29(20)22)28-11-9-17(10-12-28)23(30)24-15-19-6-3-13-31-19/h2-8,13-14,17H,9-12,15H2,1H3,(H,24,30). The molecule has 1 N–H and O–H groups in total. The molecular formula is C23H24N6O2. The SMILES string of the molecule is Cc1cccc(-c2nnc3ccc(N4CCC(C(=O)NCc5ccco5)CC4)nn23)c1. The van der Waals surface area contributed by atoms with E-state index in [0.29, 0.717) is 12.2 Å². The number of benzene rings is 1. The van der Waals surface area contributed by atoms with E-state index in [2.05, 4.69) is 39.5 Å². The number of piperidine rings is 1. The summed E-state index contributed by atoms with van der Waals surface area (Å²) in [4.78, 5) is 14.7.